The van der Waals surface area contributed by atoms with Crippen molar-refractivity contribution in [1.82, 2.24) is 20.2 Å². The zero-order chi connectivity index (χ0) is 16.5. The van der Waals surface area contributed by atoms with Gasteiger partial charge in [-0.3, -0.25) is 9.69 Å². The van der Waals surface area contributed by atoms with Crippen molar-refractivity contribution in [3.8, 4) is 0 Å². The van der Waals surface area contributed by atoms with E-state index in [1.165, 1.54) is 12.1 Å². The van der Waals surface area contributed by atoms with E-state index in [9.17, 15) is 9.18 Å². The minimum atomic E-state index is -0.422. The van der Waals surface area contributed by atoms with Crippen LogP contribution in [0.3, 0.4) is 0 Å². The maximum absolute atomic E-state index is 13.3. The number of hydrogen-bond acceptors (Lipinski definition) is 4. The largest absolute Gasteiger partial charge is 0.352 e. The Balaban J connectivity index is 1.62. The lowest BCUT2D eigenvalue weighted by Crippen LogP contribution is -2.43. The fourth-order valence-corrected chi connectivity index (χ4v) is 3.17. The second-order valence-electron chi connectivity index (χ2n) is 6.45. The molecule has 1 fully saturated rings. The molecule has 1 atom stereocenters. The van der Waals surface area contributed by atoms with E-state index >= 15 is 0 Å². The van der Waals surface area contributed by atoms with Gasteiger partial charge in [0.1, 0.15) is 18.2 Å². The van der Waals surface area contributed by atoms with Gasteiger partial charge in [-0.05, 0) is 42.5 Å². The van der Waals surface area contributed by atoms with E-state index in [0.717, 1.165) is 42.6 Å². The molecule has 1 N–H and O–H groups in total. The second-order valence-corrected chi connectivity index (χ2v) is 6.45. The molecule has 1 aromatic carbocycles. The van der Waals surface area contributed by atoms with Crippen LogP contribution in [0.1, 0.15) is 35.7 Å². The third-order valence-electron chi connectivity index (χ3n) is 4.63. The van der Waals surface area contributed by atoms with Crippen LogP contribution >= 0.6 is 0 Å². The number of nitrogens with one attached hydrogen (secondary N) is 1. The summed E-state index contributed by atoms with van der Waals surface area (Å²) in [7, 11) is 0. The lowest BCUT2D eigenvalue weighted by Gasteiger charge is -2.34. The number of hydrogen-bond donors (Lipinski definition) is 1. The molecule has 0 saturated heterocycles. The summed E-state index contributed by atoms with van der Waals surface area (Å²) in [4.78, 5) is 23.3. The Hall–Kier alpha value is -2.34. The third-order valence-corrected chi connectivity index (χ3v) is 4.63. The van der Waals surface area contributed by atoms with E-state index in [1.807, 2.05) is 6.20 Å². The summed E-state index contributed by atoms with van der Waals surface area (Å²) < 4.78 is 13.3. The first-order valence-corrected chi connectivity index (χ1v) is 8.28. The average molecular weight is 326 g/mol. The lowest BCUT2D eigenvalue weighted by atomic mass is 9.99. The highest BCUT2D eigenvalue weighted by Crippen LogP contribution is 2.29. The van der Waals surface area contributed by atoms with Crippen molar-refractivity contribution in [3.05, 3.63) is 59.4 Å². The van der Waals surface area contributed by atoms with Crippen molar-refractivity contribution in [1.29, 1.82) is 0 Å². The van der Waals surface area contributed by atoms with Crippen LogP contribution in [0.2, 0.25) is 0 Å². The molecule has 0 bridgehead atoms. The first-order valence-electron chi connectivity index (χ1n) is 8.28. The number of benzene rings is 1. The molecule has 2 heterocycles. The van der Waals surface area contributed by atoms with E-state index in [0.29, 0.717) is 12.6 Å². The van der Waals surface area contributed by atoms with Gasteiger partial charge in [0, 0.05) is 25.3 Å². The van der Waals surface area contributed by atoms with Gasteiger partial charge in [-0.25, -0.2) is 14.4 Å². The van der Waals surface area contributed by atoms with Gasteiger partial charge in [-0.2, -0.15) is 0 Å². The molecule has 2 aromatic rings. The molecule has 1 amide bonds. The van der Waals surface area contributed by atoms with E-state index < -0.39 is 6.04 Å². The average Bonchev–Trinajstić information content (AvgIpc) is 3.41. The van der Waals surface area contributed by atoms with Gasteiger partial charge in [-0.1, -0.05) is 12.1 Å². The van der Waals surface area contributed by atoms with Crippen molar-refractivity contribution in [2.24, 2.45) is 0 Å². The van der Waals surface area contributed by atoms with Crippen LogP contribution in [-0.4, -0.2) is 33.4 Å². The monoisotopic (exact) mass is 326 g/mol. The summed E-state index contributed by atoms with van der Waals surface area (Å²) in [6, 6.07) is 6.08. The van der Waals surface area contributed by atoms with E-state index in [4.69, 9.17) is 0 Å². The maximum Gasteiger partial charge on any atom is 0.242 e. The highest BCUT2D eigenvalue weighted by molar-refractivity contribution is 5.83. The molecule has 5 nitrogen and oxygen atoms in total. The Morgan fingerprint density at radius 2 is 2.08 bits per heavy atom. The summed E-state index contributed by atoms with van der Waals surface area (Å²) in [6.45, 7) is 1.35. The number of fused-ring (bicyclic) bond motifs is 1. The molecular formula is C18H19FN4O. The number of rotatable bonds is 4. The normalized spacial score (nSPS) is 18.7. The standard InChI is InChI=1S/C18H19FN4O/c19-14-3-1-12(2-4-14)17(18(24)22-15-5-6-15)23-8-7-13-9-20-11-21-16(13)10-23/h1-4,9,11,15,17H,5-8,10H2,(H,22,24). The predicted molar refractivity (Wildman–Crippen MR) is 86.5 cm³/mol. The maximum atomic E-state index is 13.3. The molecule has 124 valence electrons. The zero-order valence-electron chi connectivity index (χ0n) is 13.3. The molecule has 1 unspecified atom stereocenters. The van der Waals surface area contributed by atoms with Crippen molar-refractivity contribution < 1.29 is 9.18 Å². The Morgan fingerprint density at radius 1 is 1.29 bits per heavy atom. The lowest BCUT2D eigenvalue weighted by molar-refractivity contribution is -0.127. The minimum absolute atomic E-state index is 0.0124. The smallest absolute Gasteiger partial charge is 0.242 e. The molecule has 1 saturated carbocycles. The number of halogens is 1. The fraction of sp³-hybridized carbons (Fsp3) is 0.389. The highest BCUT2D eigenvalue weighted by atomic mass is 19.1. The van der Waals surface area contributed by atoms with Crippen LogP contribution in [0, 0.1) is 5.82 Å². The van der Waals surface area contributed by atoms with Crippen LogP contribution < -0.4 is 5.32 Å². The molecule has 4 rings (SSSR count). The van der Waals surface area contributed by atoms with Gasteiger partial charge >= 0.3 is 0 Å². The number of amides is 1. The molecule has 6 heteroatoms. The van der Waals surface area contributed by atoms with Gasteiger partial charge in [0.05, 0.1) is 5.69 Å². The summed E-state index contributed by atoms with van der Waals surface area (Å²) in [5.41, 5.74) is 2.91. The second kappa shape index (κ2) is 6.28. The quantitative estimate of drug-likeness (QED) is 0.933. The van der Waals surface area contributed by atoms with Crippen LogP contribution in [-0.2, 0) is 17.8 Å². The van der Waals surface area contributed by atoms with E-state index in [-0.39, 0.29) is 11.7 Å². The van der Waals surface area contributed by atoms with Crippen molar-refractivity contribution in [2.75, 3.05) is 6.54 Å². The van der Waals surface area contributed by atoms with Gasteiger partial charge in [0.15, 0.2) is 0 Å². The predicted octanol–water partition coefficient (Wildman–Crippen LogP) is 1.99. The Labute approximate surface area is 139 Å². The summed E-state index contributed by atoms with van der Waals surface area (Å²) >= 11 is 0. The van der Waals surface area contributed by atoms with Gasteiger partial charge in [0.2, 0.25) is 5.91 Å². The summed E-state index contributed by atoms with van der Waals surface area (Å²) in [5, 5.41) is 3.08. The van der Waals surface area contributed by atoms with Crippen molar-refractivity contribution in [2.45, 2.75) is 37.9 Å². The number of carbonyl (C=O) groups is 1. The van der Waals surface area contributed by atoms with Crippen LogP contribution in [0.15, 0.2) is 36.8 Å². The summed E-state index contributed by atoms with van der Waals surface area (Å²) in [5.74, 6) is -0.307. The molecule has 24 heavy (non-hydrogen) atoms. The van der Waals surface area contributed by atoms with Crippen LogP contribution in [0.25, 0.3) is 0 Å². The molecule has 1 aliphatic carbocycles. The minimum Gasteiger partial charge on any atom is -0.352 e. The number of nitrogens with zero attached hydrogens (tertiary/aromatic N) is 3. The molecule has 1 aliphatic heterocycles. The molecular weight excluding hydrogens is 307 g/mol. The summed E-state index contributed by atoms with van der Waals surface area (Å²) in [6.07, 6.45) is 6.27. The fourth-order valence-electron chi connectivity index (χ4n) is 3.17. The highest BCUT2D eigenvalue weighted by Gasteiger charge is 2.34. The number of aromatic nitrogens is 2. The van der Waals surface area contributed by atoms with Crippen LogP contribution in [0.4, 0.5) is 4.39 Å². The van der Waals surface area contributed by atoms with Gasteiger partial charge in [0.25, 0.3) is 0 Å². The first kappa shape index (κ1) is 15.2. The molecule has 0 spiro atoms. The topological polar surface area (TPSA) is 58.1 Å². The molecule has 0 radical (unpaired) electrons. The van der Waals surface area contributed by atoms with E-state index in [1.54, 1.807) is 18.5 Å². The van der Waals surface area contributed by atoms with Crippen molar-refractivity contribution >= 4 is 5.91 Å². The Kier molecular flexibility index (Phi) is 3.98. The third kappa shape index (κ3) is 3.14. The SMILES string of the molecule is O=C(NC1CC1)C(c1ccc(F)cc1)N1CCc2cncnc2C1. The zero-order valence-corrected chi connectivity index (χ0v) is 13.3. The van der Waals surface area contributed by atoms with Crippen LogP contribution in [0.5, 0.6) is 0 Å². The first-order chi connectivity index (χ1) is 11.7. The molecule has 2 aliphatic rings. The number of carbonyl (C=O) groups excluding carboxylic acids is 1. The van der Waals surface area contributed by atoms with E-state index in [2.05, 4.69) is 20.2 Å². The Bertz CT molecular complexity index is 745. The van der Waals surface area contributed by atoms with Gasteiger partial charge < -0.3 is 5.32 Å². The van der Waals surface area contributed by atoms with Crippen molar-refractivity contribution in [3.63, 3.8) is 0 Å². The Morgan fingerprint density at radius 3 is 2.83 bits per heavy atom. The molecule has 1 aromatic heterocycles. The van der Waals surface area contributed by atoms with Gasteiger partial charge in [-0.15, -0.1) is 0 Å².